The lowest BCUT2D eigenvalue weighted by molar-refractivity contribution is -0.137. The van der Waals surface area contributed by atoms with E-state index in [9.17, 15) is 13.2 Å². The second kappa shape index (κ2) is 5.75. The molecule has 0 fully saturated rings. The van der Waals surface area contributed by atoms with Crippen LogP contribution in [0.3, 0.4) is 0 Å². The van der Waals surface area contributed by atoms with Gasteiger partial charge >= 0.3 is 6.18 Å². The molecule has 0 saturated carbocycles. The van der Waals surface area contributed by atoms with Crippen LogP contribution in [0.1, 0.15) is 22.3 Å². The third-order valence-corrected chi connectivity index (χ3v) is 3.50. The lowest BCUT2D eigenvalue weighted by Crippen LogP contribution is -2.11. The number of benzene rings is 1. The fourth-order valence-electron chi connectivity index (χ4n) is 2.45. The number of aryl methyl sites for hydroxylation is 2. The maximum Gasteiger partial charge on any atom is 0.418 e. The van der Waals surface area contributed by atoms with Crippen molar-refractivity contribution in [2.45, 2.75) is 20.0 Å². The second-order valence-electron chi connectivity index (χ2n) is 4.90. The topological polar surface area (TPSA) is 25.2 Å². The molecule has 114 valence electrons. The Balaban J connectivity index is 2.87. The molecule has 0 radical (unpaired) electrons. The lowest BCUT2D eigenvalue weighted by Gasteiger charge is -2.17. The zero-order chi connectivity index (χ0) is 16.5. The van der Waals surface area contributed by atoms with E-state index in [-0.39, 0.29) is 11.3 Å². The molecule has 0 aliphatic rings. The number of aromatic nitrogens is 1. The first kappa shape index (κ1) is 15.9. The Bertz CT molecular complexity index is 746. The number of aliphatic imine (C=N–C) groups is 1. The minimum absolute atomic E-state index is 0.119. The summed E-state index contributed by atoms with van der Waals surface area (Å²) in [5.74, 6) is 0. The van der Waals surface area contributed by atoms with Crippen LogP contribution in [0.25, 0.3) is 17.3 Å². The highest BCUT2D eigenvalue weighted by Gasteiger charge is 2.36. The third kappa shape index (κ3) is 2.66. The highest BCUT2D eigenvalue weighted by molar-refractivity contribution is 5.85. The minimum atomic E-state index is -4.49. The molecule has 22 heavy (non-hydrogen) atoms. The number of alkyl halides is 3. The van der Waals surface area contributed by atoms with Gasteiger partial charge in [0.05, 0.1) is 16.9 Å². The Morgan fingerprint density at radius 1 is 1.14 bits per heavy atom. The molecule has 1 heterocycles. The van der Waals surface area contributed by atoms with E-state index in [0.717, 1.165) is 5.56 Å². The molecule has 0 aliphatic heterocycles. The first-order chi connectivity index (χ1) is 10.3. The average molecular weight is 304 g/mol. The summed E-state index contributed by atoms with van der Waals surface area (Å²) in [4.78, 5) is 7.85. The molecule has 0 aliphatic carbocycles. The Hall–Kier alpha value is -2.43. The molecule has 0 spiro atoms. The van der Waals surface area contributed by atoms with E-state index in [2.05, 4.69) is 23.3 Å². The highest BCUT2D eigenvalue weighted by Crippen LogP contribution is 2.42. The van der Waals surface area contributed by atoms with Crippen LogP contribution in [0.2, 0.25) is 0 Å². The van der Waals surface area contributed by atoms with Crippen molar-refractivity contribution in [3.05, 3.63) is 53.2 Å². The van der Waals surface area contributed by atoms with Gasteiger partial charge in [0.15, 0.2) is 0 Å². The van der Waals surface area contributed by atoms with Crippen LogP contribution in [-0.2, 0) is 6.18 Å². The van der Waals surface area contributed by atoms with Gasteiger partial charge in [-0.05, 0) is 37.8 Å². The van der Waals surface area contributed by atoms with E-state index < -0.39 is 11.7 Å². The van der Waals surface area contributed by atoms with Gasteiger partial charge in [0.1, 0.15) is 0 Å². The second-order valence-corrected chi connectivity index (χ2v) is 4.90. The van der Waals surface area contributed by atoms with Crippen molar-refractivity contribution in [2.75, 3.05) is 0 Å². The fraction of sp³-hybridized carbons (Fsp3) is 0.176. The number of hydrogen-bond donors (Lipinski definition) is 0. The number of halogens is 3. The summed E-state index contributed by atoms with van der Waals surface area (Å²) in [6.45, 7) is 10.4. The van der Waals surface area contributed by atoms with Crippen molar-refractivity contribution in [2.24, 2.45) is 4.99 Å². The Labute approximate surface area is 127 Å². The first-order valence-corrected chi connectivity index (χ1v) is 6.57. The van der Waals surface area contributed by atoms with Crippen molar-refractivity contribution >= 4 is 18.5 Å². The molecule has 0 N–H and O–H groups in total. The van der Waals surface area contributed by atoms with Gasteiger partial charge in [-0.2, -0.15) is 13.2 Å². The number of pyridine rings is 1. The smallest absolute Gasteiger partial charge is 0.263 e. The normalized spacial score (nSPS) is 11.3. The Morgan fingerprint density at radius 2 is 1.82 bits per heavy atom. The third-order valence-electron chi connectivity index (χ3n) is 3.50. The summed E-state index contributed by atoms with van der Waals surface area (Å²) >= 11 is 0. The molecule has 0 amide bonds. The molecule has 2 nitrogen and oxygen atoms in total. The van der Waals surface area contributed by atoms with Gasteiger partial charge in [-0.1, -0.05) is 24.8 Å². The quantitative estimate of drug-likeness (QED) is 0.701. The molecular formula is C17H15F3N2. The van der Waals surface area contributed by atoms with Gasteiger partial charge in [-0.3, -0.25) is 9.98 Å². The number of rotatable bonds is 3. The summed E-state index contributed by atoms with van der Waals surface area (Å²) in [6, 6.07) is 4.66. The molecule has 0 atom stereocenters. The maximum atomic E-state index is 13.4. The zero-order valence-corrected chi connectivity index (χ0v) is 12.3. The Kier molecular flexibility index (Phi) is 4.17. The van der Waals surface area contributed by atoms with Gasteiger partial charge in [-0.25, -0.2) is 0 Å². The van der Waals surface area contributed by atoms with Crippen LogP contribution in [0, 0.1) is 13.8 Å². The standard InChI is InChI=1S/C17H15F3N2/c1-5-12-10(2)6-7-13(15(12)21-4)16-14(17(18,19)20)11(3)8-9-22-16/h5-9H,1,4H2,2-3H3. The molecule has 1 aromatic carbocycles. The van der Waals surface area contributed by atoms with Crippen molar-refractivity contribution in [3.63, 3.8) is 0 Å². The first-order valence-electron chi connectivity index (χ1n) is 6.57. The monoisotopic (exact) mass is 304 g/mol. The van der Waals surface area contributed by atoms with Crippen molar-refractivity contribution in [1.29, 1.82) is 0 Å². The van der Waals surface area contributed by atoms with Crippen LogP contribution in [0.5, 0.6) is 0 Å². The average Bonchev–Trinajstić information content (AvgIpc) is 2.45. The van der Waals surface area contributed by atoms with Gasteiger partial charge < -0.3 is 0 Å². The molecule has 0 unspecified atom stereocenters. The predicted molar refractivity (Wildman–Crippen MR) is 83.4 cm³/mol. The molecule has 0 bridgehead atoms. The van der Waals surface area contributed by atoms with Gasteiger partial charge in [0, 0.05) is 17.3 Å². The molecule has 2 aromatic rings. The molecule has 0 saturated heterocycles. The van der Waals surface area contributed by atoms with Crippen molar-refractivity contribution in [1.82, 2.24) is 4.98 Å². The summed E-state index contributed by atoms with van der Waals surface area (Å²) in [7, 11) is 0. The van der Waals surface area contributed by atoms with Crippen LogP contribution in [-0.4, -0.2) is 11.7 Å². The van der Waals surface area contributed by atoms with E-state index in [1.54, 1.807) is 18.2 Å². The van der Waals surface area contributed by atoms with Gasteiger partial charge in [0.2, 0.25) is 0 Å². The zero-order valence-electron chi connectivity index (χ0n) is 12.3. The lowest BCUT2D eigenvalue weighted by atomic mass is 9.95. The Morgan fingerprint density at radius 3 is 2.36 bits per heavy atom. The minimum Gasteiger partial charge on any atom is -0.263 e. The predicted octanol–water partition coefficient (Wildman–Crippen LogP) is 5.36. The van der Waals surface area contributed by atoms with Crippen molar-refractivity contribution < 1.29 is 13.2 Å². The van der Waals surface area contributed by atoms with Crippen LogP contribution < -0.4 is 0 Å². The van der Waals surface area contributed by atoms with E-state index in [0.29, 0.717) is 16.8 Å². The van der Waals surface area contributed by atoms with Crippen LogP contribution in [0.15, 0.2) is 36.0 Å². The van der Waals surface area contributed by atoms with E-state index in [1.165, 1.54) is 19.2 Å². The molecule has 5 heteroatoms. The summed E-state index contributed by atoms with van der Waals surface area (Å²) < 4.78 is 40.2. The summed E-state index contributed by atoms with van der Waals surface area (Å²) in [5, 5.41) is 0. The molecule has 2 rings (SSSR count). The summed E-state index contributed by atoms with van der Waals surface area (Å²) in [6.07, 6.45) is -1.57. The van der Waals surface area contributed by atoms with E-state index >= 15 is 0 Å². The fourth-order valence-corrected chi connectivity index (χ4v) is 2.45. The number of nitrogens with zero attached hydrogens (tertiary/aromatic N) is 2. The summed E-state index contributed by atoms with van der Waals surface area (Å²) in [5.41, 5.74) is 1.40. The SMILES string of the molecule is C=Cc1c(C)ccc(-c2nccc(C)c2C(F)(F)F)c1N=C. The van der Waals surface area contributed by atoms with E-state index in [1.807, 2.05) is 6.92 Å². The maximum absolute atomic E-state index is 13.4. The van der Waals surface area contributed by atoms with Gasteiger partial charge in [-0.15, -0.1) is 0 Å². The number of hydrogen-bond acceptors (Lipinski definition) is 2. The largest absolute Gasteiger partial charge is 0.418 e. The molecule has 1 aromatic heterocycles. The van der Waals surface area contributed by atoms with Gasteiger partial charge in [0.25, 0.3) is 0 Å². The highest BCUT2D eigenvalue weighted by atomic mass is 19.4. The van der Waals surface area contributed by atoms with Crippen LogP contribution >= 0.6 is 0 Å². The van der Waals surface area contributed by atoms with Crippen LogP contribution in [0.4, 0.5) is 18.9 Å². The van der Waals surface area contributed by atoms with E-state index in [4.69, 9.17) is 0 Å². The van der Waals surface area contributed by atoms with Crippen molar-refractivity contribution in [3.8, 4) is 11.3 Å². The molecular weight excluding hydrogens is 289 g/mol.